The number of hydrogen-bond donors (Lipinski definition) is 2. The van der Waals surface area contributed by atoms with E-state index in [0.717, 1.165) is 12.0 Å². The second-order valence-corrected chi connectivity index (χ2v) is 5.76. The third-order valence-electron chi connectivity index (χ3n) is 3.87. The smallest absolute Gasteiger partial charge is 0.373 e. The number of guanidine groups is 1. The van der Waals surface area contributed by atoms with Crippen molar-refractivity contribution < 1.29 is 17.9 Å². The lowest BCUT2D eigenvalue weighted by atomic mass is 9.95. The molecule has 2 atom stereocenters. The molecule has 2 N–H and O–H groups in total. The van der Waals surface area contributed by atoms with Gasteiger partial charge in [-0.05, 0) is 18.9 Å². The van der Waals surface area contributed by atoms with Gasteiger partial charge in [-0.25, -0.2) is 0 Å². The lowest BCUT2D eigenvalue weighted by Crippen LogP contribution is -2.39. The summed E-state index contributed by atoms with van der Waals surface area (Å²) in [5.74, 6) is 0.644. The lowest BCUT2D eigenvalue weighted by Gasteiger charge is -2.18. The molecule has 1 fully saturated rings. The largest absolute Gasteiger partial charge is 0.390 e. The average molecular weight is 343 g/mol. The minimum Gasteiger partial charge on any atom is -0.373 e. The van der Waals surface area contributed by atoms with Crippen LogP contribution in [0.1, 0.15) is 31.4 Å². The van der Waals surface area contributed by atoms with E-state index in [1.807, 2.05) is 37.3 Å². The SMILES string of the molecule is CCNC(=NCC1CCOC1c1ccccc1)NCCC(F)(F)F. The van der Waals surface area contributed by atoms with Crippen LogP contribution in [0, 0.1) is 5.92 Å². The molecule has 1 aromatic rings. The van der Waals surface area contributed by atoms with Gasteiger partial charge in [-0.3, -0.25) is 4.99 Å². The summed E-state index contributed by atoms with van der Waals surface area (Å²) in [6.07, 6.45) is -4.16. The molecule has 1 saturated heterocycles. The highest BCUT2D eigenvalue weighted by atomic mass is 19.4. The van der Waals surface area contributed by atoms with Gasteiger partial charge in [0.05, 0.1) is 12.5 Å². The van der Waals surface area contributed by atoms with Crippen molar-refractivity contribution in [2.75, 3.05) is 26.2 Å². The number of alkyl halides is 3. The molecule has 134 valence electrons. The van der Waals surface area contributed by atoms with Gasteiger partial charge in [0.1, 0.15) is 0 Å². The number of ether oxygens (including phenoxy) is 1. The maximum absolute atomic E-state index is 12.2. The van der Waals surface area contributed by atoms with Crippen LogP contribution in [-0.2, 0) is 4.74 Å². The van der Waals surface area contributed by atoms with Crippen molar-refractivity contribution in [3.8, 4) is 0 Å². The second-order valence-electron chi connectivity index (χ2n) is 5.76. The van der Waals surface area contributed by atoms with Crippen LogP contribution in [0.3, 0.4) is 0 Å². The van der Waals surface area contributed by atoms with Crippen LogP contribution < -0.4 is 10.6 Å². The summed E-state index contributed by atoms with van der Waals surface area (Å²) in [5.41, 5.74) is 1.12. The van der Waals surface area contributed by atoms with Gasteiger partial charge in [0.25, 0.3) is 0 Å². The van der Waals surface area contributed by atoms with Crippen LogP contribution in [0.2, 0.25) is 0 Å². The van der Waals surface area contributed by atoms with Gasteiger partial charge in [0.2, 0.25) is 0 Å². The zero-order valence-electron chi connectivity index (χ0n) is 13.8. The highest BCUT2D eigenvalue weighted by Crippen LogP contribution is 2.34. The molecule has 2 rings (SSSR count). The Hall–Kier alpha value is -1.76. The Morgan fingerprint density at radius 3 is 2.67 bits per heavy atom. The monoisotopic (exact) mass is 343 g/mol. The summed E-state index contributed by atoms with van der Waals surface area (Å²) >= 11 is 0. The molecule has 24 heavy (non-hydrogen) atoms. The van der Waals surface area contributed by atoms with Crippen molar-refractivity contribution in [2.24, 2.45) is 10.9 Å². The molecule has 0 amide bonds. The molecular weight excluding hydrogens is 319 g/mol. The third-order valence-corrected chi connectivity index (χ3v) is 3.87. The van der Waals surface area contributed by atoms with Crippen molar-refractivity contribution in [3.63, 3.8) is 0 Å². The molecule has 0 saturated carbocycles. The zero-order valence-corrected chi connectivity index (χ0v) is 13.8. The second kappa shape index (κ2) is 8.92. The van der Waals surface area contributed by atoms with Crippen molar-refractivity contribution >= 4 is 5.96 Å². The molecule has 1 aliphatic rings. The fraction of sp³-hybridized carbons (Fsp3) is 0.588. The van der Waals surface area contributed by atoms with E-state index >= 15 is 0 Å². The van der Waals surface area contributed by atoms with Crippen LogP contribution >= 0.6 is 0 Å². The number of benzene rings is 1. The standard InChI is InChI=1S/C17H24F3N3O/c1-2-21-16(22-10-9-17(18,19)20)23-12-14-8-11-24-15(14)13-6-4-3-5-7-13/h3-7,14-15H,2,8-12H2,1H3,(H2,21,22,23). The van der Waals surface area contributed by atoms with Gasteiger partial charge in [0, 0.05) is 32.2 Å². The van der Waals surface area contributed by atoms with Crippen LogP contribution in [0.15, 0.2) is 35.3 Å². The van der Waals surface area contributed by atoms with E-state index in [0.29, 0.717) is 25.7 Å². The summed E-state index contributed by atoms with van der Waals surface area (Å²) < 4.78 is 42.5. The van der Waals surface area contributed by atoms with E-state index in [1.165, 1.54) is 0 Å². The number of nitrogens with zero attached hydrogens (tertiary/aromatic N) is 1. The predicted molar refractivity (Wildman–Crippen MR) is 87.9 cm³/mol. The Kier molecular flexibility index (Phi) is 6.90. The minimum absolute atomic E-state index is 0.00648. The number of hydrogen-bond acceptors (Lipinski definition) is 2. The number of nitrogens with one attached hydrogen (secondary N) is 2. The highest BCUT2D eigenvalue weighted by Gasteiger charge is 2.29. The highest BCUT2D eigenvalue weighted by molar-refractivity contribution is 5.79. The van der Waals surface area contributed by atoms with E-state index in [2.05, 4.69) is 15.6 Å². The number of rotatable bonds is 6. The molecular formula is C17H24F3N3O. The molecule has 0 radical (unpaired) electrons. The lowest BCUT2D eigenvalue weighted by molar-refractivity contribution is -0.132. The van der Waals surface area contributed by atoms with Gasteiger partial charge in [-0.2, -0.15) is 13.2 Å². The summed E-state index contributed by atoms with van der Waals surface area (Å²) in [4.78, 5) is 4.44. The normalized spacial score (nSPS) is 21.8. The van der Waals surface area contributed by atoms with Crippen molar-refractivity contribution in [1.29, 1.82) is 0 Å². The Morgan fingerprint density at radius 1 is 1.25 bits per heavy atom. The maximum Gasteiger partial charge on any atom is 0.390 e. The topological polar surface area (TPSA) is 45.7 Å². The summed E-state index contributed by atoms with van der Waals surface area (Å²) in [7, 11) is 0. The predicted octanol–water partition coefficient (Wildman–Crippen LogP) is 3.27. The minimum atomic E-state index is -4.16. The van der Waals surface area contributed by atoms with E-state index in [1.54, 1.807) is 0 Å². The van der Waals surface area contributed by atoms with Gasteiger partial charge < -0.3 is 15.4 Å². The zero-order chi connectivity index (χ0) is 17.4. The Morgan fingerprint density at radius 2 is 2.00 bits per heavy atom. The van der Waals surface area contributed by atoms with Crippen LogP contribution in [-0.4, -0.2) is 38.4 Å². The summed E-state index contributed by atoms with van der Waals surface area (Å²) in [5, 5.41) is 5.71. The van der Waals surface area contributed by atoms with Crippen LogP contribution in [0.5, 0.6) is 0 Å². The maximum atomic E-state index is 12.2. The van der Waals surface area contributed by atoms with Crippen molar-refractivity contribution in [1.82, 2.24) is 10.6 Å². The molecule has 1 aliphatic heterocycles. The molecule has 1 heterocycles. The molecule has 2 unspecified atom stereocenters. The van der Waals surface area contributed by atoms with Crippen molar-refractivity contribution in [3.05, 3.63) is 35.9 Å². The Labute approximate surface area is 140 Å². The Balaban J connectivity index is 1.92. The molecule has 0 spiro atoms. The first-order chi connectivity index (χ1) is 11.5. The summed E-state index contributed by atoms with van der Waals surface area (Å²) in [6, 6.07) is 9.96. The number of halogens is 3. The first kappa shape index (κ1) is 18.6. The average Bonchev–Trinajstić information content (AvgIpc) is 3.01. The third kappa shape index (κ3) is 6.03. The molecule has 0 aromatic heterocycles. The fourth-order valence-electron chi connectivity index (χ4n) is 2.70. The molecule has 0 bridgehead atoms. The van der Waals surface area contributed by atoms with Crippen molar-refractivity contribution in [2.45, 2.75) is 32.0 Å². The number of aliphatic imine (C=N–C) groups is 1. The van der Waals surface area contributed by atoms with E-state index < -0.39 is 12.6 Å². The van der Waals surface area contributed by atoms with Gasteiger partial charge >= 0.3 is 6.18 Å². The Bertz CT molecular complexity index is 520. The summed E-state index contributed by atoms with van der Waals surface area (Å²) in [6.45, 7) is 3.49. The van der Waals surface area contributed by atoms with Crippen LogP contribution in [0.25, 0.3) is 0 Å². The molecule has 0 aliphatic carbocycles. The van der Waals surface area contributed by atoms with Gasteiger partial charge in [-0.1, -0.05) is 30.3 Å². The van der Waals surface area contributed by atoms with Crippen LogP contribution in [0.4, 0.5) is 13.2 Å². The van der Waals surface area contributed by atoms with E-state index in [9.17, 15) is 13.2 Å². The first-order valence-corrected chi connectivity index (χ1v) is 8.25. The molecule has 1 aromatic carbocycles. The quantitative estimate of drug-likeness (QED) is 0.616. The van der Waals surface area contributed by atoms with E-state index in [4.69, 9.17) is 4.74 Å². The van der Waals surface area contributed by atoms with E-state index in [-0.39, 0.29) is 18.6 Å². The molecule has 7 heteroatoms. The van der Waals surface area contributed by atoms with Gasteiger partial charge in [0.15, 0.2) is 5.96 Å². The molecule has 4 nitrogen and oxygen atoms in total. The van der Waals surface area contributed by atoms with Gasteiger partial charge in [-0.15, -0.1) is 0 Å². The fourth-order valence-corrected chi connectivity index (χ4v) is 2.70. The first-order valence-electron chi connectivity index (χ1n) is 8.25.